The SMILES string of the molecule is Nc1cc(C(F)(F)F)cc([N+](=O)[O-])c1NC(=O)c1ccccc1. The number of nitrogens with zero attached hydrogens (tertiary/aromatic N) is 1. The van der Waals surface area contributed by atoms with E-state index < -0.39 is 39.6 Å². The maximum atomic E-state index is 12.7. The first-order valence-electron chi connectivity index (χ1n) is 6.21. The van der Waals surface area contributed by atoms with Crippen molar-refractivity contribution in [1.29, 1.82) is 0 Å². The average molecular weight is 325 g/mol. The van der Waals surface area contributed by atoms with Gasteiger partial charge in [0.2, 0.25) is 0 Å². The van der Waals surface area contributed by atoms with Crippen LogP contribution in [0.4, 0.5) is 30.2 Å². The Balaban J connectivity index is 2.46. The Morgan fingerprint density at radius 1 is 1.17 bits per heavy atom. The Hall–Kier alpha value is -3.10. The number of halogens is 3. The van der Waals surface area contributed by atoms with Gasteiger partial charge in [-0.25, -0.2) is 0 Å². The highest BCUT2D eigenvalue weighted by Gasteiger charge is 2.34. The lowest BCUT2D eigenvalue weighted by Crippen LogP contribution is -2.16. The number of alkyl halides is 3. The highest BCUT2D eigenvalue weighted by Crippen LogP contribution is 2.39. The Morgan fingerprint density at radius 3 is 2.30 bits per heavy atom. The van der Waals surface area contributed by atoms with Crippen LogP contribution in [0.25, 0.3) is 0 Å². The van der Waals surface area contributed by atoms with Gasteiger partial charge in [0.15, 0.2) is 0 Å². The van der Waals surface area contributed by atoms with Crippen LogP contribution >= 0.6 is 0 Å². The van der Waals surface area contributed by atoms with Crippen LogP contribution in [0.1, 0.15) is 15.9 Å². The molecule has 1 amide bonds. The van der Waals surface area contributed by atoms with Gasteiger partial charge >= 0.3 is 6.18 Å². The predicted molar refractivity (Wildman–Crippen MR) is 76.9 cm³/mol. The summed E-state index contributed by atoms with van der Waals surface area (Å²) < 4.78 is 38.1. The lowest BCUT2D eigenvalue weighted by Gasteiger charge is -2.12. The number of benzene rings is 2. The molecule has 0 fully saturated rings. The van der Waals surface area contributed by atoms with Crippen molar-refractivity contribution < 1.29 is 22.9 Å². The van der Waals surface area contributed by atoms with E-state index in [1.807, 2.05) is 0 Å². The summed E-state index contributed by atoms with van der Waals surface area (Å²) in [7, 11) is 0. The van der Waals surface area contributed by atoms with Crippen LogP contribution in [0.2, 0.25) is 0 Å². The smallest absolute Gasteiger partial charge is 0.397 e. The molecule has 0 radical (unpaired) electrons. The standard InChI is InChI=1S/C14H10F3N3O3/c15-14(16,17)9-6-10(18)12(11(7-9)20(22)23)19-13(21)8-4-2-1-3-5-8/h1-7H,18H2,(H,19,21). The van der Waals surface area contributed by atoms with Crippen molar-refractivity contribution in [1.82, 2.24) is 0 Å². The van der Waals surface area contributed by atoms with E-state index in [2.05, 4.69) is 5.32 Å². The zero-order chi connectivity index (χ0) is 17.2. The number of nitro groups is 1. The molecule has 0 unspecified atom stereocenters. The summed E-state index contributed by atoms with van der Waals surface area (Å²) in [5.74, 6) is -0.722. The third kappa shape index (κ3) is 3.57. The quantitative estimate of drug-likeness (QED) is 0.513. The first-order chi connectivity index (χ1) is 10.7. The number of amides is 1. The van der Waals surface area contributed by atoms with Gasteiger partial charge in [-0.05, 0) is 18.2 Å². The van der Waals surface area contributed by atoms with Crippen molar-refractivity contribution in [2.24, 2.45) is 0 Å². The Kier molecular flexibility index (Phi) is 4.21. The minimum Gasteiger partial charge on any atom is -0.397 e. The second kappa shape index (κ2) is 5.95. The third-order valence-electron chi connectivity index (χ3n) is 2.95. The second-order valence-electron chi connectivity index (χ2n) is 4.53. The minimum atomic E-state index is -4.79. The molecule has 0 saturated heterocycles. The molecular weight excluding hydrogens is 315 g/mol. The molecule has 6 nitrogen and oxygen atoms in total. The number of anilines is 2. The highest BCUT2D eigenvalue weighted by molar-refractivity contribution is 6.07. The lowest BCUT2D eigenvalue weighted by atomic mass is 10.1. The highest BCUT2D eigenvalue weighted by atomic mass is 19.4. The number of hydrogen-bond acceptors (Lipinski definition) is 4. The first-order valence-corrected chi connectivity index (χ1v) is 6.21. The monoisotopic (exact) mass is 325 g/mol. The summed E-state index contributed by atoms with van der Waals surface area (Å²) in [6.07, 6.45) is -4.79. The van der Waals surface area contributed by atoms with Crippen LogP contribution in [0.3, 0.4) is 0 Å². The van der Waals surface area contributed by atoms with E-state index in [1.165, 1.54) is 12.1 Å². The van der Waals surface area contributed by atoms with Crippen LogP contribution in [0, 0.1) is 10.1 Å². The molecule has 0 spiro atoms. The summed E-state index contributed by atoms with van der Waals surface area (Å²) >= 11 is 0. The van der Waals surface area contributed by atoms with Crippen LogP contribution in [0.5, 0.6) is 0 Å². The molecule has 2 aromatic rings. The van der Waals surface area contributed by atoms with E-state index in [1.54, 1.807) is 18.2 Å². The number of carbonyl (C=O) groups excluding carboxylic acids is 1. The molecule has 120 valence electrons. The molecule has 0 atom stereocenters. The maximum Gasteiger partial charge on any atom is 0.416 e. The molecule has 0 aliphatic carbocycles. The van der Waals surface area contributed by atoms with Gasteiger partial charge in [0.1, 0.15) is 5.69 Å². The molecule has 0 aliphatic heterocycles. The molecule has 0 heterocycles. The number of nitrogens with two attached hydrogens (primary N) is 1. The number of nitrogen functional groups attached to an aromatic ring is 1. The molecule has 23 heavy (non-hydrogen) atoms. The fraction of sp³-hybridized carbons (Fsp3) is 0.0714. The topological polar surface area (TPSA) is 98.3 Å². The van der Waals surface area contributed by atoms with E-state index >= 15 is 0 Å². The van der Waals surface area contributed by atoms with Gasteiger partial charge in [0, 0.05) is 11.6 Å². The van der Waals surface area contributed by atoms with Crippen LogP contribution in [-0.2, 0) is 6.18 Å². The molecule has 9 heteroatoms. The molecule has 0 saturated carbocycles. The molecule has 0 aliphatic rings. The second-order valence-corrected chi connectivity index (χ2v) is 4.53. The fourth-order valence-electron chi connectivity index (χ4n) is 1.87. The molecule has 2 rings (SSSR count). The van der Waals surface area contributed by atoms with Crippen LogP contribution in [0.15, 0.2) is 42.5 Å². The zero-order valence-corrected chi connectivity index (χ0v) is 11.4. The average Bonchev–Trinajstić information content (AvgIpc) is 2.48. The van der Waals surface area contributed by atoms with E-state index in [0.29, 0.717) is 12.1 Å². The van der Waals surface area contributed by atoms with Gasteiger partial charge in [-0.15, -0.1) is 0 Å². The van der Waals surface area contributed by atoms with Gasteiger partial charge in [0.25, 0.3) is 11.6 Å². The van der Waals surface area contributed by atoms with Gasteiger partial charge in [0.05, 0.1) is 16.2 Å². The Labute approximate surface area is 127 Å². The van der Waals surface area contributed by atoms with Gasteiger partial charge in [-0.2, -0.15) is 13.2 Å². The number of rotatable bonds is 3. The Bertz CT molecular complexity index is 761. The van der Waals surface area contributed by atoms with Gasteiger partial charge < -0.3 is 11.1 Å². The number of nitro benzene ring substituents is 1. The van der Waals surface area contributed by atoms with E-state index in [9.17, 15) is 28.1 Å². The van der Waals surface area contributed by atoms with Crippen molar-refractivity contribution in [2.45, 2.75) is 6.18 Å². The minimum absolute atomic E-state index is 0.182. The van der Waals surface area contributed by atoms with Crippen molar-refractivity contribution in [3.63, 3.8) is 0 Å². The number of carbonyl (C=O) groups is 1. The summed E-state index contributed by atoms with van der Waals surface area (Å²) in [4.78, 5) is 22.0. The third-order valence-corrected chi connectivity index (χ3v) is 2.95. The summed E-state index contributed by atoms with van der Waals surface area (Å²) in [5, 5.41) is 13.2. The van der Waals surface area contributed by atoms with E-state index in [0.717, 1.165) is 0 Å². The fourth-order valence-corrected chi connectivity index (χ4v) is 1.87. The van der Waals surface area contributed by atoms with Gasteiger partial charge in [-0.1, -0.05) is 18.2 Å². The molecule has 0 aromatic heterocycles. The van der Waals surface area contributed by atoms with Crippen molar-refractivity contribution in [3.8, 4) is 0 Å². The molecule has 0 bridgehead atoms. The molecule has 2 aromatic carbocycles. The van der Waals surface area contributed by atoms with E-state index in [-0.39, 0.29) is 5.56 Å². The Morgan fingerprint density at radius 2 is 1.78 bits per heavy atom. The van der Waals surface area contributed by atoms with Crippen molar-refractivity contribution >= 4 is 23.0 Å². The largest absolute Gasteiger partial charge is 0.416 e. The normalized spacial score (nSPS) is 11.1. The van der Waals surface area contributed by atoms with Crippen LogP contribution in [-0.4, -0.2) is 10.8 Å². The zero-order valence-electron chi connectivity index (χ0n) is 11.4. The molecule has 3 N–H and O–H groups in total. The van der Waals surface area contributed by atoms with Crippen LogP contribution < -0.4 is 11.1 Å². The summed E-state index contributed by atoms with van der Waals surface area (Å²) in [6.45, 7) is 0. The predicted octanol–water partition coefficient (Wildman–Crippen LogP) is 3.45. The first kappa shape index (κ1) is 16.3. The maximum absolute atomic E-state index is 12.7. The van der Waals surface area contributed by atoms with Crippen molar-refractivity contribution in [2.75, 3.05) is 11.1 Å². The lowest BCUT2D eigenvalue weighted by molar-refractivity contribution is -0.384. The van der Waals surface area contributed by atoms with E-state index in [4.69, 9.17) is 5.73 Å². The summed E-state index contributed by atoms with van der Waals surface area (Å²) in [5.41, 5.74) is 2.43. The molecular formula is C14H10F3N3O3. The number of nitrogens with one attached hydrogen (secondary N) is 1. The summed E-state index contributed by atoms with van der Waals surface area (Å²) in [6, 6.07) is 8.55. The van der Waals surface area contributed by atoms with Gasteiger partial charge in [-0.3, -0.25) is 14.9 Å². The number of hydrogen-bond donors (Lipinski definition) is 2. The van der Waals surface area contributed by atoms with Crippen molar-refractivity contribution in [3.05, 3.63) is 63.7 Å².